The molecule has 0 fully saturated rings. The third kappa shape index (κ3) is 2.84. The number of hydrogen-bond donors (Lipinski definition) is 0. The van der Waals surface area contributed by atoms with Gasteiger partial charge in [-0.3, -0.25) is 0 Å². The van der Waals surface area contributed by atoms with Gasteiger partial charge in [-0.1, -0.05) is 0 Å². The van der Waals surface area contributed by atoms with Crippen molar-refractivity contribution < 1.29 is 35.9 Å². The van der Waals surface area contributed by atoms with Gasteiger partial charge in [0.25, 0.3) is 0 Å². The Labute approximate surface area is 108 Å². The quantitative estimate of drug-likeness (QED) is 0.590. The number of alkyl halides is 6. The number of nitriles is 1. The van der Waals surface area contributed by atoms with E-state index in [1.165, 1.54) is 0 Å². The first-order valence-electron chi connectivity index (χ1n) is 4.83. The van der Waals surface area contributed by atoms with Gasteiger partial charge < -0.3 is 4.74 Å². The molecule has 108 valence electrons. The topological polar surface area (TPSA) is 50.1 Å². The highest BCUT2D eigenvalue weighted by atomic mass is 19.4. The fraction of sp³-hybridized carbons (Fsp3) is 0.273. The highest BCUT2D eigenvalue weighted by Gasteiger charge is 2.45. The highest BCUT2D eigenvalue weighted by Crippen LogP contribution is 2.41. The van der Waals surface area contributed by atoms with Crippen molar-refractivity contribution in [3.63, 3.8) is 0 Å². The molecule has 0 atom stereocenters. The van der Waals surface area contributed by atoms with Crippen molar-refractivity contribution in [1.29, 1.82) is 5.26 Å². The lowest BCUT2D eigenvalue weighted by Crippen LogP contribution is -2.22. The molecule has 0 bridgehead atoms. The summed E-state index contributed by atoms with van der Waals surface area (Å²) < 4.78 is 80.5. The molecule has 0 N–H and O–H groups in total. The van der Waals surface area contributed by atoms with Gasteiger partial charge in [0.2, 0.25) is 0 Å². The molecule has 1 aromatic carbocycles. The number of carbonyl (C=O) groups is 1. The SMILES string of the molecule is COC(=O)c1c(C(F)(F)F)ccc(C#N)c1C(F)(F)F. The predicted octanol–water partition coefficient (Wildman–Crippen LogP) is 3.38. The van der Waals surface area contributed by atoms with Gasteiger partial charge >= 0.3 is 18.3 Å². The van der Waals surface area contributed by atoms with Crippen LogP contribution in [0.25, 0.3) is 0 Å². The summed E-state index contributed by atoms with van der Waals surface area (Å²) >= 11 is 0. The lowest BCUT2D eigenvalue weighted by atomic mass is 9.95. The first kappa shape index (κ1) is 15.8. The van der Waals surface area contributed by atoms with Crippen LogP contribution in [0.2, 0.25) is 0 Å². The minimum atomic E-state index is -5.31. The molecule has 0 saturated heterocycles. The third-order valence-corrected chi connectivity index (χ3v) is 2.30. The molecule has 20 heavy (non-hydrogen) atoms. The van der Waals surface area contributed by atoms with Crippen molar-refractivity contribution in [3.05, 3.63) is 34.4 Å². The number of methoxy groups -OCH3 is 1. The monoisotopic (exact) mass is 297 g/mol. The largest absolute Gasteiger partial charge is 0.465 e. The van der Waals surface area contributed by atoms with Crippen LogP contribution >= 0.6 is 0 Å². The Morgan fingerprint density at radius 2 is 1.70 bits per heavy atom. The second kappa shape index (κ2) is 5.03. The Hall–Kier alpha value is -2.24. The molecule has 3 nitrogen and oxygen atoms in total. The van der Waals surface area contributed by atoms with Gasteiger partial charge in [-0.25, -0.2) is 4.79 Å². The van der Waals surface area contributed by atoms with Crippen LogP contribution in [-0.2, 0) is 17.1 Å². The maximum Gasteiger partial charge on any atom is 0.418 e. The van der Waals surface area contributed by atoms with E-state index in [-0.39, 0.29) is 6.07 Å². The Bertz CT molecular complexity index is 582. The first-order chi connectivity index (χ1) is 9.04. The minimum absolute atomic E-state index is 0.236. The molecule has 1 aromatic rings. The molecule has 0 unspecified atom stereocenters. The van der Waals surface area contributed by atoms with Crippen molar-refractivity contribution in [1.82, 2.24) is 0 Å². The molecule has 0 heterocycles. The first-order valence-corrected chi connectivity index (χ1v) is 4.83. The van der Waals surface area contributed by atoms with E-state index in [1.54, 1.807) is 0 Å². The minimum Gasteiger partial charge on any atom is -0.465 e. The summed E-state index contributed by atoms with van der Waals surface area (Å²) in [5, 5.41) is 8.57. The van der Waals surface area contributed by atoms with Crippen LogP contribution in [0.1, 0.15) is 27.0 Å². The van der Waals surface area contributed by atoms with E-state index >= 15 is 0 Å². The molecule has 0 spiro atoms. The van der Waals surface area contributed by atoms with Gasteiger partial charge in [0.15, 0.2) is 0 Å². The molecular formula is C11H5F6NO2. The molecule has 0 amide bonds. The lowest BCUT2D eigenvalue weighted by Gasteiger charge is -2.18. The molecule has 9 heteroatoms. The number of halogens is 6. The van der Waals surface area contributed by atoms with Gasteiger partial charge in [-0.05, 0) is 12.1 Å². The lowest BCUT2D eigenvalue weighted by molar-refractivity contribution is -0.144. The second-order valence-electron chi connectivity index (χ2n) is 3.51. The molecule has 0 saturated carbocycles. The van der Waals surface area contributed by atoms with E-state index in [0.29, 0.717) is 13.2 Å². The van der Waals surface area contributed by atoms with Gasteiger partial charge in [0, 0.05) is 0 Å². The average molecular weight is 297 g/mol. The van der Waals surface area contributed by atoms with Crippen LogP contribution in [0, 0.1) is 11.3 Å². The number of esters is 1. The Balaban J connectivity index is 3.87. The maximum atomic E-state index is 12.8. The van der Waals surface area contributed by atoms with Crippen LogP contribution in [-0.4, -0.2) is 13.1 Å². The molecule has 0 aromatic heterocycles. The van der Waals surface area contributed by atoms with Crippen molar-refractivity contribution >= 4 is 5.97 Å². The molecule has 1 rings (SSSR count). The van der Waals surface area contributed by atoms with Gasteiger partial charge in [0.1, 0.15) is 0 Å². The fourth-order valence-corrected chi connectivity index (χ4v) is 1.54. The number of nitrogens with zero attached hydrogens (tertiary/aromatic N) is 1. The number of benzene rings is 1. The van der Waals surface area contributed by atoms with E-state index in [0.717, 1.165) is 6.07 Å². The maximum absolute atomic E-state index is 12.8. The van der Waals surface area contributed by atoms with Gasteiger partial charge in [-0.2, -0.15) is 31.6 Å². The third-order valence-electron chi connectivity index (χ3n) is 2.30. The summed E-state index contributed by atoms with van der Waals surface area (Å²) in [5.41, 5.74) is -6.57. The summed E-state index contributed by atoms with van der Waals surface area (Å²) in [6.45, 7) is 0. The highest BCUT2D eigenvalue weighted by molar-refractivity contribution is 5.94. The van der Waals surface area contributed by atoms with Crippen molar-refractivity contribution in [3.8, 4) is 6.07 Å². The van der Waals surface area contributed by atoms with Crippen LogP contribution < -0.4 is 0 Å². The summed E-state index contributed by atoms with van der Waals surface area (Å²) in [7, 11) is 0.641. The smallest absolute Gasteiger partial charge is 0.418 e. The van der Waals surface area contributed by atoms with Crippen molar-refractivity contribution in [2.45, 2.75) is 12.4 Å². The zero-order valence-electron chi connectivity index (χ0n) is 9.69. The van der Waals surface area contributed by atoms with Gasteiger partial charge in [0.05, 0.1) is 35.4 Å². The average Bonchev–Trinajstić information content (AvgIpc) is 2.33. The Morgan fingerprint density at radius 1 is 1.15 bits per heavy atom. The molecule has 0 aliphatic carbocycles. The summed E-state index contributed by atoms with van der Waals surface area (Å²) in [6.07, 6.45) is -10.5. The Morgan fingerprint density at radius 3 is 2.05 bits per heavy atom. The predicted molar refractivity (Wildman–Crippen MR) is 52.5 cm³/mol. The van der Waals surface area contributed by atoms with Crippen molar-refractivity contribution in [2.75, 3.05) is 7.11 Å². The van der Waals surface area contributed by atoms with Crippen LogP contribution in [0.4, 0.5) is 26.3 Å². The summed E-state index contributed by atoms with van der Waals surface area (Å²) in [5.74, 6) is -1.82. The molecule has 0 radical (unpaired) electrons. The van der Waals surface area contributed by atoms with E-state index in [4.69, 9.17) is 5.26 Å². The van der Waals surface area contributed by atoms with E-state index < -0.39 is 40.6 Å². The molecule has 0 aliphatic rings. The van der Waals surface area contributed by atoms with Crippen LogP contribution in [0.5, 0.6) is 0 Å². The number of hydrogen-bond acceptors (Lipinski definition) is 3. The molecular weight excluding hydrogens is 292 g/mol. The zero-order chi connectivity index (χ0) is 15.7. The van der Waals surface area contributed by atoms with E-state index in [2.05, 4.69) is 4.74 Å². The number of ether oxygens (including phenoxy) is 1. The van der Waals surface area contributed by atoms with E-state index in [1.807, 2.05) is 0 Å². The zero-order valence-corrected chi connectivity index (χ0v) is 9.69. The number of carbonyl (C=O) groups excluding carboxylic acids is 1. The Kier molecular flexibility index (Phi) is 3.98. The van der Waals surface area contributed by atoms with Crippen LogP contribution in [0.3, 0.4) is 0 Å². The second-order valence-corrected chi connectivity index (χ2v) is 3.51. The summed E-state index contributed by atoms with van der Waals surface area (Å²) in [6, 6.07) is 1.70. The molecule has 0 aliphatic heterocycles. The standard InChI is InChI=1S/C11H5F6NO2/c1-20-9(19)7-6(10(12,13)14)3-2-5(4-18)8(7)11(15,16)17/h2-3H,1H3. The van der Waals surface area contributed by atoms with Crippen molar-refractivity contribution in [2.24, 2.45) is 0 Å². The normalized spacial score (nSPS) is 11.9. The number of rotatable bonds is 1. The fourth-order valence-electron chi connectivity index (χ4n) is 1.54. The van der Waals surface area contributed by atoms with E-state index in [9.17, 15) is 31.1 Å². The van der Waals surface area contributed by atoms with Gasteiger partial charge in [-0.15, -0.1) is 0 Å². The summed E-state index contributed by atoms with van der Waals surface area (Å²) in [4.78, 5) is 11.3. The van der Waals surface area contributed by atoms with Crippen LogP contribution in [0.15, 0.2) is 12.1 Å².